The van der Waals surface area contributed by atoms with E-state index in [1.165, 1.54) is 0 Å². The quantitative estimate of drug-likeness (QED) is 0.106. The van der Waals surface area contributed by atoms with E-state index in [-0.39, 0.29) is 23.6 Å². The maximum absolute atomic E-state index is 10.7. The van der Waals surface area contributed by atoms with Crippen LogP contribution in [0.1, 0.15) is 11.1 Å². The average Bonchev–Trinajstić information content (AvgIpc) is 0.679. The molecule has 6 heterocycles. The SMILES string of the molecule is C[Si]1(CCc2ccc(O)cc2)O[Si]2(c3ccccc3)O[Si]3(c4ccccc4)O[Si]4(c5ccccc5)O[Si](C)(CCc5ccc(O)cc5)O[Si]5(c6ccccc6)O[Si](c6ccccc6)(O[Si](c6ccccc6)(O1)O[Si](c1ccccc1)(O5)O[Si](c1ccccc1)(O2)O4)O3. The first-order valence-corrected chi connectivity index (χ1v) is 49.4. The molecule has 0 radical (unpaired) electrons. The van der Waals surface area contributed by atoms with Crippen LogP contribution in [0.3, 0.4) is 0 Å². The van der Waals surface area contributed by atoms with Gasteiger partial charge in [-0.1, -0.05) is 267 Å². The van der Waals surface area contributed by atoms with Crippen molar-refractivity contribution in [2.24, 2.45) is 0 Å². The summed E-state index contributed by atoms with van der Waals surface area (Å²) >= 11 is 0. The van der Waals surface area contributed by atoms with Crippen LogP contribution in [0.25, 0.3) is 0 Å². The first-order valence-electron chi connectivity index (χ1n) is 30.5. The van der Waals surface area contributed by atoms with Crippen molar-refractivity contribution in [2.75, 3.05) is 0 Å². The molecule has 10 aromatic carbocycles. The van der Waals surface area contributed by atoms with Gasteiger partial charge in [0.15, 0.2) is 0 Å². The van der Waals surface area contributed by atoms with Gasteiger partial charge >= 0.3 is 87.6 Å². The lowest BCUT2D eigenvalue weighted by Crippen LogP contribution is -2.93. The van der Waals surface area contributed by atoms with Crippen molar-refractivity contribution < 1.29 is 67.8 Å². The number of fused-ring (bicyclic) bond motifs is 4. The fourth-order valence-corrected chi connectivity index (χ4v) is 68.8. The molecule has 464 valence electrons. The molecule has 2 N–H and O–H groups in total. The maximum atomic E-state index is 10.7. The number of aromatic hydroxyl groups is 2. The molecular formula is C66H64O16Si10. The second-order valence-corrected chi connectivity index (χ2v) is 53.9. The molecule has 8 bridgehead atoms. The Balaban J connectivity index is 1.17. The summed E-state index contributed by atoms with van der Waals surface area (Å²) in [5.74, 6) is 0.259. The van der Waals surface area contributed by atoms with E-state index in [1.54, 1.807) is 24.3 Å². The van der Waals surface area contributed by atoms with Crippen LogP contribution in [0.2, 0.25) is 25.2 Å². The lowest BCUT2D eigenvalue weighted by molar-refractivity contribution is 0.0253. The molecule has 0 aromatic heterocycles. The summed E-state index contributed by atoms with van der Waals surface area (Å²) in [6.45, 7) is 4.02. The van der Waals surface area contributed by atoms with Crippen molar-refractivity contribution in [3.63, 3.8) is 0 Å². The third-order valence-electron chi connectivity index (χ3n) is 16.7. The molecule has 16 rings (SSSR count). The van der Waals surface area contributed by atoms with Crippen molar-refractivity contribution in [3.8, 4) is 11.5 Å². The molecule has 26 heteroatoms. The summed E-state index contributed by atoms with van der Waals surface area (Å²) in [6, 6.07) is 92.0. The molecule has 10 aromatic rings. The van der Waals surface area contributed by atoms with Crippen LogP contribution in [0, 0.1) is 0 Å². The fourth-order valence-electron chi connectivity index (χ4n) is 12.3. The zero-order chi connectivity index (χ0) is 62.6. The van der Waals surface area contributed by atoms with Gasteiger partial charge in [-0.05, 0) is 73.4 Å². The van der Waals surface area contributed by atoms with Gasteiger partial charge in [0.25, 0.3) is 0 Å². The smallest absolute Gasteiger partial charge is 0.508 e. The average molecular weight is 1390 g/mol. The molecule has 92 heavy (non-hydrogen) atoms. The number of phenols is 2. The Labute approximate surface area is 545 Å². The normalized spacial score (nSPS) is 31.7. The number of phenolic OH excluding ortho intramolecular Hbond substituents is 2. The van der Waals surface area contributed by atoms with Gasteiger partial charge in [0.05, 0.1) is 0 Å². The summed E-state index contributed by atoms with van der Waals surface area (Å²) in [5.41, 5.74) is 1.80. The number of rotatable bonds is 14. The summed E-state index contributed by atoms with van der Waals surface area (Å²) in [4.78, 5) is 0. The molecule has 0 saturated carbocycles. The van der Waals surface area contributed by atoms with E-state index in [9.17, 15) is 10.2 Å². The van der Waals surface area contributed by atoms with Crippen LogP contribution in [0.5, 0.6) is 11.5 Å². The minimum atomic E-state index is -5.28. The van der Waals surface area contributed by atoms with Gasteiger partial charge < -0.3 is 67.8 Å². The third-order valence-corrected chi connectivity index (χ3v) is 60.1. The van der Waals surface area contributed by atoms with Gasteiger partial charge in [0.1, 0.15) is 11.5 Å². The summed E-state index contributed by atoms with van der Waals surface area (Å²) in [7, 11) is -50.0. The highest BCUT2D eigenvalue weighted by Gasteiger charge is 2.83. The Morgan fingerprint density at radius 3 is 0.522 bits per heavy atom. The van der Waals surface area contributed by atoms with E-state index in [2.05, 4.69) is 0 Å². The third kappa shape index (κ3) is 11.6. The predicted molar refractivity (Wildman–Crippen MR) is 366 cm³/mol. The monoisotopic (exact) mass is 1390 g/mol. The molecule has 0 atom stereocenters. The topological polar surface area (TPSA) is 170 Å². The minimum absolute atomic E-state index is 0.129. The first-order chi connectivity index (χ1) is 44.7. The van der Waals surface area contributed by atoms with Gasteiger partial charge in [-0.15, -0.1) is 0 Å². The Morgan fingerprint density at radius 2 is 0.359 bits per heavy atom. The van der Waals surface area contributed by atoms with Crippen molar-refractivity contribution in [3.05, 3.63) is 302 Å². The summed E-state index contributed by atoms with van der Waals surface area (Å²) < 4.78 is 120. The van der Waals surface area contributed by atoms with Crippen molar-refractivity contribution in [1.82, 2.24) is 0 Å². The van der Waals surface area contributed by atoms with Crippen molar-refractivity contribution in [2.45, 2.75) is 38.0 Å². The Morgan fingerprint density at radius 1 is 0.207 bits per heavy atom. The predicted octanol–water partition coefficient (Wildman–Crippen LogP) is 7.10. The second kappa shape index (κ2) is 24.3. The fraction of sp³-hybridized carbons (Fsp3) is 0.0909. The molecule has 6 fully saturated rings. The molecule has 6 saturated heterocycles. The molecular weight excluding hydrogens is 1330 g/mol. The maximum Gasteiger partial charge on any atom is 0.515 e. The zero-order valence-corrected chi connectivity index (χ0v) is 60.2. The highest BCUT2D eigenvalue weighted by atomic mass is 28.6. The standard InChI is InChI=1S/C66H64O16Si10/c1-83(53-51-55-43-47-57(67)48-44-55)69-85(59-27-11-3-12-28-59)73-89(63-35-19-7-20-36-63)77-87(61-31-15-5-16-32-61)71-84(2,54-52-56-45-49-58(68)50-46-56)72-88(62-33-17-6-18-34-62)79-91(81-89,65-39-23-9-24-40-65)75-86(70-83,60-29-13-4-14-30-60)76-92(80-88,66-41-25-10-26-42-66)82-90(74-85,78-87)64-37-21-8-22-38-64/h3-50,67-68H,51-54H2,1-2H3. The van der Waals surface area contributed by atoms with E-state index in [0.717, 1.165) is 11.1 Å². The van der Waals surface area contributed by atoms with Crippen LogP contribution in [0.4, 0.5) is 0 Å². The van der Waals surface area contributed by atoms with Crippen LogP contribution < -0.4 is 41.5 Å². The lowest BCUT2D eigenvalue weighted by Gasteiger charge is -2.61. The first kappa shape index (κ1) is 61.6. The molecule has 6 aliphatic rings. The number of benzene rings is 10. The van der Waals surface area contributed by atoms with Gasteiger partial charge in [-0.2, -0.15) is 0 Å². The summed E-state index contributed by atoms with van der Waals surface area (Å²) in [6.07, 6.45) is 0.783. The number of hydrogen-bond acceptors (Lipinski definition) is 16. The van der Waals surface area contributed by atoms with E-state index in [4.69, 9.17) is 57.6 Å². The highest BCUT2D eigenvalue weighted by molar-refractivity contribution is 7.12. The lowest BCUT2D eigenvalue weighted by atomic mass is 10.2. The molecule has 16 nitrogen and oxygen atoms in total. The largest absolute Gasteiger partial charge is 0.515 e. The van der Waals surface area contributed by atoms with Gasteiger partial charge in [-0.3, -0.25) is 0 Å². The van der Waals surface area contributed by atoms with Gasteiger partial charge in [0, 0.05) is 41.5 Å². The van der Waals surface area contributed by atoms with Crippen LogP contribution in [-0.2, 0) is 70.5 Å². The Bertz CT molecular complexity index is 3670. The number of hydrogen-bond donors (Lipinski definition) is 2. The van der Waals surface area contributed by atoms with Crippen molar-refractivity contribution >= 4 is 129 Å². The van der Waals surface area contributed by atoms with E-state index in [0.29, 0.717) is 54.3 Å². The van der Waals surface area contributed by atoms with Gasteiger partial charge in [0.2, 0.25) is 0 Å². The number of aryl methyl sites for hydroxylation is 2. The second-order valence-electron chi connectivity index (χ2n) is 23.4. The van der Waals surface area contributed by atoms with Crippen molar-refractivity contribution in [1.29, 1.82) is 0 Å². The Hall–Kier alpha value is -6.59. The van der Waals surface area contributed by atoms with E-state index >= 15 is 0 Å². The van der Waals surface area contributed by atoms with E-state index in [1.807, 2.05) is 280 Å². The highest BCUT2D eigenvalue weighted by Crippen LogP contribution is 2.48. The summed E-state index contributed by atoms with van der Waals surface area (Å²) in [5, 5.41) is 25.3. The Kier molecular flexibility index (Phi) is 16.3. The molecule has 0 spiro atoms. The van der Waals surface area contributed by atoms with Gasteiger partial charge in [-0.25, -0.2) is 0 Å². The zero-order valence-electron chi connectivity index (χ0n) is 50.2. The van der Waals surface area contributed by atoms with E-state index < -0.39 is 87.6 Å². The molecule has 0 aliphatic carbocycles. The van der Waals surface area contributed by atoms with Crippen LogP contribution in [-0.4, -0.2) is 97.8 Å². The van der Waals surface area contributed by atoms with Crippen LogP contribution in [0.15, 0.2) is 291 Å². The molecule has 0 amide bonds. The molecule has 6 aliphatic heterocycles. The van der Waals surface area contributed by atoms with Crippen LogP contribution >= 0.6 is 0 Å². The minimum Gasteiger partial charge on any atom is -0.508 e. The molecule has 0 unspecified atom stereocenters.